The highest BCUT2D eigenvalue weighted by molar-refractivity contribution is 5.98. The second-order valence-corrected chi connectivity index (χ2v) is 6.89. The molecule has 126 valence electrons. The van der Waals surface area contributed by atoms with Crippen LogP contribution in [-0.2, 0) is 4.74 Å². The van der Waals surface area contributed by atoms with E-state index in [1.54, 1.807) is 10.8 Å². The zero-order valence-corrected chi connectivity index (χ0v) is 14.8. The van der Waals surface area contributed by atoms with Crippen molar-refractivity contribution in [2.75, 3.05) is 20.1 Å². The summed E-state index contributed by atoms with van der Waals surface area (Å²) in [7, 11) is 1.94. The van der Waals surface area contributed by atoms with E-state index in [1.165, 1.54) is 0 Å². The molecule has 4 nitrogen and oxygen atoms in total. The fourth-order valence-electron chi connectivity index (χ4n) is 2.55. The molecule has 0 spiro atoms. The van der Waals surface area contributed by atoms with E-state index < -0.39 is 11.7 Å². The zero-order chi connectivity index (χ0) is 17.9. The average molecular weight is 324 g/mol. The fraction of sp³-hybridized carbons (Fsp3) is 0.350. The Morgan fingerprint density at radius 3 is 2.67 bits per heavy atom. The van der Waals surface area contributed by atoms with Crippen molar-refractivity contribution in [3.8, 4) is 12.3 Å². The second kappa shape index (κ2) is 6.94. The van der Waals surface area contributed by atoms with E-state index in [4.69, 9.17) is 11.2 Å². The Kier molecular flexibility index (Phi) is 5.16. The molecule has 0 amide bonds. The smallest absolute Gasteiger partial charge is 0.419 e. The van der Waals surface area contributed by atoms with Gasteiger partial charge in [-0.05, 0) is 39.5 Å². The van der Waals surface area contributed by atoms with E-state index >= 15 is 0 Å². The number of likely N-dealkylation sites (N-methyl/N-ethyl adjacent to an activating group) is 1. The molecule has 1 aromatic carbocycles. The fourth-order valence-corrected chi connectivity index (χ4v) is 2.55. The molecule has 0 atom stereocenters. The molecule has 24 heavy (non-hydrogen) atoms. The number of aromatic nitrogens is 1. The Bertz CT molecular complexity index is 803. The Balaban J connectivity index is 2.41. The molecule has 0 aliphatic carbocycles. The third-order valence-electron chi connectivity index (χ3n) is 3.51. The molecule has 1 aromatic heterocycles. The maximum absolute atomic E-state index is 12.5. The van der Waals surface area contributed by atoms with Gasteiger partial charge in [-0.3, -0.25) is 9.47 Å². The van der Waals surface area contributed by atoms with Crippen LogP contribution in [0.15, 0.2) is 37.0 Å². The summed E-state index contributed by atoms with van der Waals surface area (Å²) in [6.45, 7) is 10.9. The van der Waals surface area contributed by atoms with E-state index in [-0.39, 0.29) is 0 Å². The summed E-state index contributed by atoms with van der Waals surface area (Å²) in [6.07, 6.45) is 6.75. The lowest BCUT2D eigenvalue weighted by molar-refractivity contribution is 0.0544. The lowest BCUT2D eigenvalue weighted by atomic mass is 10.1. The highest BCUT2D eigenvalue weighted by Crippen LogP contribution is 2.27. The van der Waals surface area contributed by atoms with Crippen LogP contribution >= 0.6 is 0 Å². The lowest BCUT2D eigenvalue weighted by Crippen LogP contribution is -2.26. The van der Waals surface area contributed by atoms with Gasteiger partial charge in [0.05, 0.1) is 12.1 Å². The topological polar surface area (TPSA) is 34.5 Å². The van der Waals surface area contributed by atoms with Crippen molar-refractivity contribution >= 4 is 22.6 Å². The minimum absolute atomic E-state index is 0.394. The van der Waals surface area contributed by atoms with Gasteiger partial charge in [-0.15, -0.1) is 6.42 Å². The number of carbonyl (C=O) groups excluding carboxylic acids is 1. The molecule has 0 aliphatic heterocycles. The van der Waals surface area contributed by atoms with Gasteiger partial charge in [0, 0.05) is 23.7 Å². The number of ether oxygens (including phenoxy) is 1. The summed E-state index contributed by atoms with van der Waals surface area (Å²) in [5.74, 6) is 2.62. The molecule has 1 heterocycles. The van der Waals surface area contributed by atoms with Crippen LogP contribution in [0.4, 0.5) is 4.79 Å². The van der Waals surface area contributed by atoms with Crippen molar-refractivity contribution < 1.29 is 9.53 Å². The quantitative estimate of drug-likeness (QED) is 0.797. The van der Waals surface area contributed by atoms with Gasteiger partial charge in [-0.2, -0.15) is 0 Å². The van der Waals surface area contributed by atoms with Gasteiger partial charge >= 0.3 is 6.09 Å². The summed E-state index contributed by atoms with van der Waals surface area (Å²) in [5, 5.41) is 0.975. The Hall–Kier alpha value is -2.51. The van der Waals surface area contributed by atoms with Gasteiger partial charge in [-0.1, -0.05) is 30.7 Å². The molecular weight excluding hydrogens is 300 g/mol. The average Bonchev–Trinajstić information content (AvgIpc) is 2.85. The molecule has 4 heteroatoms. The molecule has 0 saturated heterocycles. The Labute approximate surface area is 143 Å². The molecule has 0 aliphatic rings. The highest BCUT2D eigenvalue weighted by atomic mass is 16.6. The molecule has 2 rings (SSSR count). The lowest BCUT2D eigenvalue weighted by Gasteiger charge is -2.19. The van der Waals surface area contributed by atoms with Crippen molar-refractivity contribution in [3.05, 3.63) is 42.6 Å². The van der Waals surface area contributed by atoms with Crippen molar-refractivity contribution in [1.82, 2.24) is 9.47 Å². The van der Waals surface area contributed by atoms with E-state index in [1.807, 2.05) is 57.0 Å². The molecule has 2 aromatic rings. The highest BCUT2D eigenvalue weighted by Gasteiger charge is 2.21. The first-order valence-corrected chi connectivity index (χ1v) is 7.86. The number of hydrogen-bond donors (Lipinski definition) is 0. The van der Waals surface area contributed by atoms with Crippen LogP contribution < -0.4 is 0 Å². The first kappa shape index (κ1) is 17.8. The van der Waals surface area contributed by atoms with Crippen molar-refractivity contribution in [2.45, 2.75) is 26.4 Å². The van der Waals surface area contributed by atoms with E-state index in [0.29, 0.717) is 13.1 Å². The largest absolute Gasteiger partial charge is 0.443 e. The van der Waals surface area contributed by atoms with Gasteiger partial charge in [0.15, 0.2) is 0 Å². The van der Waals surface area contributed by atoms with Gasteiger partial charge < -0.3 is 4.74 Å². The molecule has 0 N–H and O–H groups in total. The number of fused-ring (bicyclic) bond motifs is 1. The Morgan fingerprint density at radius 1 is 1.38 bits per heavy atom. The minimum Gasteiger partial charge on any atom is -0.443 e. The number of rotatable bonds is 4. The monoisotopic (exact) mass is 324 g/mol. The summed E-state index contributed by atoms with van der Waals surface area (Å²) in [6, 6.07) is 7.74. The number of terminal acetylenes is 1. The summed E-state index contributed by atoms with van der Waals surface area (Å²) in [5.41, 5.74) is 2.10. The van der Waals surface area contributed by atoms with Gasteiger partial charge in [0.25, 0.3) is 0 Å². The molecule has 0 bridgehead atoms. The van der Waals surface area contributed by atoms with Crippen LogP contribution in [0.5, 0.6) is 0 Å². The number of benzene rings is 1. The van der Waals surface area contributed by atoms with Crippen molar-refractivity contribution in [2.24, 2.45) is 0 Å². The third kappa shape index (κ3) is 4.06. The first-order valence-electron chi connectivity index (χ1n) is 7.86. The predicted octanol–water partition coefficient (Wildman–Crippen LogP) is 4.00. The van der Waals surface area contributed by atoms with Crippen LogP contribution in [0.25, 0.3) is 16.5 Å². The van der Waals surface area contributed by atoms with Crippen LogP contribution in [0.2, 0.25) is 0 Å². The predicted molar refractivity (Wildman–Crippen MR) is 98.9 cm³/mol. The van der Waals surface area contributed by atoms with Gasteiger partial charge in [0.1, 0.15) is 5.60 Å². The number of carbonyl (C=O) groups is 1. The molecule has 0 unspecified atom stereocenters. The van der Waals surface area contributed by atoms with Gasteiger partial charge in [-0.25, -0.2) is 4.79 Å². The Morgan fingerprint density at radius 2 is 2.04 bits per heavy atom. The maximum Gasteiger partial charge on any atom is 0.419 e. The molecule has 0 radical (unpaired) electrons. The second-order valence-electron chi connectivity index (χ2n) is 6.89. The summed E-state index contributed by atoms with van der Waals surface area (Å²) >= 11 is 0. The SMILES string of the molecule is C#CCN(C)CC(=C)c1cn(C(=O)OC(C)(C)C)c2ccccc12. The maximum atomic E-state index is 12.5. The first-order chi connectivity index (χ1) is 11.2. The number of para-hydroxylation sites is 1. The van der Waals surface area contributed by atoms with Crippen LogP contribution in [0, 0.1) is 12.3 Å². The minimum atomic E-state index is -0.549. The van der Waals surface area contributed by atoms with Gasteiger partial charge in [0.2, 0.25) is 0 Å². The van der Waals surface area contributed by atoms with Crippen LogP contribution in [-0.4, -0.2) is 41.3 Å². The molecule has 0 fully saturated rings. The van der Waals surface area contributed by atoms with E-state index in [9.17, 15) is 4.79 Å². The molecule has 0 saturated carbocycles. The standard InChI is InChI=1S/C20H24N2O2/c1-7-12-21(6)13-15(2)17-14-22(19(23)24-20(3,4)5)18-11-9-8-10-16(17)18/h1,8-11,14H,2,12-13H2,3-6H3. The number of hydrogen-bond acceptors (Lipinski definition) is 3. The summed E-state index contributed by atoms with van der Waals surface area (Å²) < 4.78 is 7.05. The van der Waals surface area contributed by atoms with E-state index in [2.05, 4.69) is 12.5 Å². The molecular formula is C20H24N2O2. The van der Waals surface area contributed by atoms with Crippen molar-refractivity contribution in [3.63, 3.8) is 0 Å². The van der Waals surface area contributed by atoms with Crippen LogP contribution in [0.1, 0.15) is 26.3 Å². The van der Waals surface area contributed by atoms with Crippen molar-refractivity contribution in [1.29, 1.82) is 0 Å². The third-order valence-corrected chi connectivity index (χ3v) is 3.51. The van der Waals surface area contributed by atoms with E-state index in [0.717, 1.165) is 22.0 Å². The summed E-state index contributed by atoms with van der Waals surface area (Å²) in [4.78, 5) is 14.5. The zero-order valence-electron chi connectivity index (χ0n) is 14.8. The number of nitrogens with zero attached hydrogens (tertiary/aromatic N) is 2. The normalized spacial score (nSPS) is 11.5. The van der Waals surface area contributed by atoms with Crippen LogP contribution in [0.3, 0.4) is 0 Å².